The van der Waals surface area contributed by atoms with E-state index in [9.17, 15) is 14.4 Å². The molecule has 3 heterocycles. The molecule has 1 aliphatic rings. The molecule has 4 N–H and O–H groups in total. The predicted molar refractivity (Wildman–Crippen MR) is 145 cm³/mol. The fourth-order valence-corrected chi connectivity index (χ4v) is 4.68. The van der Waals surface area contributed by atoms with Crippen molar-refractivity contribution in [1.82, 2.24) is 29.5 Å². The Morgan fingerprint density at radius 3 is 2.62 bits per heavy atom. The first-order chi connectivity index (χ1) is 18.8. The van der Waals surface area contributed by atoms with Crippen LogP contribution < -0.4 is 16.4 Å². The number of hydrogen-bond donors (Lipinski definition) is 3. The number of primary amides is 1. The normalized spacial score (nSPS) is 13.9. The lowest BCUT2D eigenvalue weighted by Crippen LogP contribution is -2.35. The van der Waals surface area contributed by atoms with Crippen molar-refractivity contribution in [2.24, 2.45) is 5.73 Å². The Morgan fingerprint density at radius 2 is 1.92 bits per heavy atom. The van der Waals surface area contributed by atoms with E-state index < -0.39 is 12.0 Å². The minimum atomic E-state index is -0.554. The Labute approximate surface area is 226 Å². The van der Waals surface area contributed by atoms with Gasteiger partial charge >= 0.3 is 6.09 Å². The van der Waals surface area contributed by atoms with Crippen LogP contribution in [0.5, 0.6) is 0 Å². The van der Waals surface area contributed by atoms with Crippen molar-refractivity contribution in [2.45, 2.75) is 46.8 Å². The molecule has 210 valence electrons. The van der Waals surface area contributed by atoms with Crippen LogP contribution in [-0.4, -0.2) is 81.6 Å². The number of nitrogens with zero attached hydrogens (tertiary/aromatic N) is 5. The topological polar surface area (TPSA) is 159 Å². The van der Waals surface area contributed by atoms with Gasteiger partial charge in [-0.05, 0) is 51.0 Å². The summed E-state index contributed by atoms with van der Waals surface area (Å²) in [7, 11) is 0. The lowest BCUT2D eigenvalue weighted by molar-refractivity contribution is 0.0343. The van der Waals surface area contributed by atoms with Crippen molar-refractivity contribution in [3.63, 3.8) is 0 Å². The Hall–Kier alpha value is -3.97. The van der Waals surface area contributed by atoms with E-state index in [2.05, 4.69) is 20.6 Å². The van der Waals surface area contributed by atoms with Crippen molar-refractivity contribution in [3.8, 4) is 0 Å². The summed E-state index contributed by atoms with van der Waals surface area (Å²) in [6.45, 7) is 10.4. The largest absolute Gasteiger partial charge is 0.450 e. The first-order valence-electron chi connectivity index (χ1n) is 13.2. The van der Waals surface area contributed by atoms with Crippen LogP contribution >= 0.6 is 0 Å². The summed E-state index contributed by atoms with van der Waals surface area (Å²) in [4.78, 5) is 44.2. The van der Waals surface area contributed by atoms with E-state index >= 15 is 0 Å². The highest BCUT2D eigenvalue weighted by Gasteiger charge is 2.22. The number of amides is 3. The molecule has 2 aromatic heterocycles. The molecule has 1 aromatic carbocycles. The fourth-order valence-electron chi connectivity index (χ4n) is 4.68. The number of alkyl carbamates (subject to hydrolysis) is 1. The van der Waals surface area contributed by atoms with Gasteiger partial charge in [-0.3, -0.25) is 24.5 Å². The highest BCUT2D eigenvalue weighted by molar-refractivity contribution is 6.04. The summed E-state index contributed by atoms with van der Waals surface area (Å²) in [6.07, 6.45) is 0.0667. The number of imidazole rings is 1. The average Bonchev–Trinajstić information content (AvgIpc) is 3.47. The van der Waals surface area contributed by atoms with Crippen molar-refractivity contribution < 1.29 is 23.9 Å². The molecule has 0 aliphatic carbocycles. The van der Waals surface area contributed by atoms with Crippen LogP contribution in [0, 0.1) is 6.92 Å². The number of ether oxygens (including phenoxy) is 2. The van der Waals surface area contributed by atoms with Crippen LogP contribution in [0.1, 0.15) is 52.4 Å². The number of aryl methyl sites for hydroxylation is 3. The molecule has 13 heteroatoms. The van der Waals surface area contributed by atoms with Crippen molar-refractivity contribution in [1.29, 1.82) is 0 Å². The zero-order valence-corrected chi connectivity index (χ0v) is 22.7. The molecule has 0 unspecified atom stereocenters. The van der Waals surface area contributed by atoms with Gasteiger partial charge in [0, 0.05) is 44.8 Å². The van der Waals surface area contributed by atoms with Gasteiger partial charge in [0.05, 0.1) is 36.5 Å². The molecule has 13 nitrogen and oxygen atoms in total. The van der Waals surface area contributed by atoms with Gasteiger partial charge in [0.25, 0.3) is 5.91 Å². The maximum Gasteiger partial charge on any atom is 0.407 e. The quantitative estimate of drug-likeness (QED) is 0.311. The van der Waals surface area contributed by atoms with E-state index in [-0.39, 0.29) is 12.5 Å². The van der Waals surface area contributed by atoms with Crippen LogP contribution in [0.3, 0.4) is 0 Å². The molecule has 39 heavy (non-hydrogen) atoms. The smallest absolute Gasteiger partial charge is 0.407 e. The van der Waals surface area contributed by atoms with E-state index in [1.165, 1.54) is 0 Å². The number of carbonyl (C=O) groups is 3. The Bertz CT molecular complexity index is 1340. The highest BCUT2D eigenvalue weighted by atomic mass is 16.5. The van der Waals surface area contributed by atoms with Gasteiger partial charge in [0.2, 0.25) is 11.9 Å². The second-order valence-corrected chi connectivity index (χ2v) is 9.28. The summed E-state index contributed by atoms with van der Waals surface area (Å²) in [5, 5.41) is 10.0. The number of rotatable bonds is 11. The van der Waals surface area contributed by atoms with E-state index in [1.807, 2.05) is 18.4 Å². The molecule has 0 saturated carbocycles. The van der Waals surface area contributed by atoms with Crippen molar-refractivity contribution in [2.75, 3.05) is 44.8 Å². The van der Waals surface area contributed by atoms with Gasteiger partial charge in [-0.1, -0.05) is 0 Å². The van der Waals surface area contributed by atoms with Gasteiger partial charge in [-0.25, -0.2) is 9.78 Å². The Morgan fingerprint density at radius 1 is 1.15 bits per heavy atom. The van der Waals surface area contributed by atoms with Gasteiger partial charge < -0.3 is 25.1 Å². The summed E-state index contributed by atoms with van der Waals surface area (Å²) >= 11 is 0. The second kappa shape index (κ2) is 12.7. The summed E-state index contributed by atoms with van der Waals surface area (Å²) in [6, 6.07) is 5.16. The number of aromatic nitrogens is 4. The number of nitrogens with two attached hydrogens (primary N) is 1. The Kier molecular flexibility index (Phi) is 9.15. The van der Waals surface area contributed by atoms with E-state index in [0.29, 0.717) is 68.5 Å². The number of benzene rings is 1. The molecule has 4 rings (SSSR count). The fraction of sp³-hybridized carbons (Fsp3) is 0.500. The SMILES string of the molecule is CCOC(=O)NCCCn1c(NC(=O)c2cc(C)nn2CC)nc2cc(C(N)=O)cc(CN3CCOCC3)c21. The van der Waals surface area contributed by atoms with Gasteiger partial charge in [0.15, 0.2) is 0 Å². The zero-order chi connectivity index (χ0) is 27.9. The number of carbonyl (C=O) groups excluding carboxylic acids is 3. The minimum Gasteiger partial charge on any atom is -0.450 e. The molecule has 1 saturated heterocycles. The molecule has 1 fully saturated rings. The number of fused-ring (bicyclic) bond motifs is 1. The molecule has 0 spiro atoms. The van der Waals surface area contributed by atoms with Crippen LogP contribution in [0.25, 0.3) is 11.0 Å². The van der Waals surface area contributed by atoms with Gasteiger partial charge in [-0.15, -0.1) is 0 Å². The molecular formula is C26H36N8O5. The summed E-state index contributed by atoms with van der Waals surface area (Å²) < 4.78 is 14.0. The maximum atomic E-state index is 13.3. The maximum absolute atomic E-state index is 13.3. The Balaban J connectivity index is 1.72. The molecule has 0 bridgehead atoms. The van der Waals surface area contributed by atoms with Crippen LogP contribution in [-0.2, 0) is 29.1 Å². The number of nitrogens with one attached hydrogen (secondary N) is 2. The third-order valence-corrected chi connectivity index (χ3v) is 6.47. The first kappa shape index (κ1) is 28.0. The monoisotopic (exact) mass is 540 g/mol. The lowest BCUT2D eigenvalue weighted by atomic mass is 10.1. The first-order valence-corrected chi connectivity index (χ1v) is 13.2. The highest BCUT2D eigenvalue weighted by Crippen LogP contribution is 2.27. The van der Waals surface area contributed by atoms with E-state index in [4.69, 9.17) is 20.2 Å². The average molecular weight is 541 g/mol. The van der Waals surface area contributed by atoms with Gasteiger partial charge in [-0.2, -0.15) is 5.10 Å². The third-order valence-electron chi connectivity index (χ3n) is 6.47. The van der Waals surface area contributed by atoms with E-state index in [0.717, 1.165) is 29.9 Å². The molecule has 1 aliphatic heterocycles. The number of hydrogen-bond acceptors (Lipinski definition) is 8. The minimum absolute atomic E-state index is 0.287. The zero-order valence-electron chi connectivity index (χ0n) is 22.7. The summed E-state index contributed by atoms with van der Waals surface area (Å²) in [5.74, 6) is -0.567. The van der Waals surface area contributed by atoms with E-state index in [1.54, 1.807) is 29.8 Å². The molecular weight excluding hydrogens is 504 g/mol. The standard InChI is InChI=1S/C26H36N8O5/c1-4-34-21(13-17(3)31-34)24(36)30-25-29-20-15-18(23(27)35)14-19(16-32-9-11-38-12-10-32)22(20)33(25)8-6-7-28-26(37)39-5-2/h13-15H,4-12,16H2,1-3H3,(H2,27,35)(H,28,37)(H,29,30,36). The second-order valence-electron chi connectivity index (χ2n) is 9.28. The molecule has 0 atom stereocenters. The van der Waals surface area contributed by atoms with Gasteiger partial charge in [0.1, 0.15) is 5.69 Å². The molecule has 3 amide bonds. The lowest BCUT2D eigenvalue weighted by Gasteiger charge is -2.27. The van der Waals surface area contributed by atoms with Crippen LogP contribution in [0.4, 0.5) is 10.7 Å². The summed E-state index contributed by atoms with van der Waals surface area (Å²) in [5.41, 5.74) is 9.36. The van der Waals surface area contributed by atoms with Crippen molar-refractivity contribution >= 4 is 34.9 Å². The third kappa shape index (κ3) is 6.73. The van der Waals surface area contributed by atoms with Crippen LogP contribution in [0.2, 0.25) is 0 Å². The number of morpholine rings is 1. The number of anilines is 1. The predicted octanol–water partition coefficient (Wildman–Crippen LogP) is 1.88. The van der Waals surface area contributed by atoms with Crippen LogP contribution in [0.15, 0.2) is 18.2 Å². The molecule has 0 radical (unpaired) electrons. The molecule has 3 aromatic rings. The van der Waals surface area contributed by atoms with Crippen molar-refractivity contribution in [3.05, 3.63) is 40.7 Å².